The Morgan fingerprint density at radius 1 is 0.778 bits per heavy atom. The average Bonchev–Trinajstić information content (AvgIpc) is 2.69. The van der Waals surface area contributed by atoms with Crippen molar-refractivity contribution in [2.45, 2.75) is 11.3 Å². The normalized spacial score (nSPS) is 11.3. The molecule has 5 heteroatoms. The monoisotopic (exact) mass is 380 g/mol. The number of anilines is 1. The molecule has 0 heterocycles. The zero-order valence-corrected chi connectivity index (χ0v) is 16.4. The third-order valence-electron chi connectivity index (χ3n) is 4.43. The number of hydrogen-bond acceptors (Lipinski definition) is 3. The molecule has 0 amide bonds. The number of benzene rings is 3. The Bertz CT molecular complexity index is 965. The van der Waals surface area contributed by atoms with Crippen LogP contribution in [0.25, 0.3) is 11.1 Å². The minimum absolute atomic E-state index is 0.283. The Morgan fingerprint density at radius 2 is 1.37 bits per heavy atom. The van der Waals surface area contributed by atoms with Gasteiger partial charge in [0.05, 0.1) is 4.90 Å². The summed E-state index contributed by atoms with van der Waals surface area (Å²) in [5, 5.41) is 0. The first kappa shape index (κ1) is 19.1. The van der Waals surface area contributed by atoms with Crippen molar-refractivity contribution in [2.75, 3.05) is 25.5 Å². The molecule has 0 aliphatic rings. The highest BCUT2D eigenvalue weighted by Crippen LogP contribution is 2.21. The maximum atomic E-state index is 12.5. The predicted octanol–water partition coefficient (Wildman–Crippen LogP) is 3.94. The Labute approximate surface area is 161 Å². The smallest absolute Gasteiger partial charge is 0.240 e. The third-order valence-corrected chi connectivity index (χ3v) is 5.91. The number of rotatable bonds is 7. The number of nitrogens with one attached hydrogen (secondary N) is 1. The van der Waals surface area contributed by atoms with E-state index in [1.807, 2.05) is 85.7 Å². The van der Waals surface area contributed by atoms with Gasteiger partial charge < -0.3 is 4.90 Å². The van der Waals surface area contributed by atoms with Crippen LogP contribution in [0.2, 0.25) is 0 Å². The van der Waals surface area contributed by atoms with Crippen LogP contribution in [-0.2, 0) is 16.4 Å². The van der Waals surface area contributed by atoms with Gasteiger partial charge in [-0.2, -0.15) is 0 Å². The summed E-state index contributed by atoms with van der Waals surface area (Å²) >= 11 is 0. The molecule has 0 radical (unpaired) electrons. The van der Waals surface area contributed by atoms with E-state index in [4.69, 9.17) is 0 Å². The molecule has 1 N–H and O–H groups in total. The van der Waals surface area contributed by atoms with Crippen molar-refractivity contribution in [3.63, 3.8) is 0 Å². The van der Waals surface area contributed by atoms with E-state index in [9.17, 15) is 8.42 Å². The van der Waals surface area contributed by atoms with E-state index in [1.54, 1.807) is 12.1 Å². The highest BCUT2D eigenvalue weighted by atomic mass is 32.2. The van der Waals surface area contributed by atoms with Gasteiger partial charge in [0.1, 0.15) is 0 Å². The van der Waals surface area contributed by atoms with Crippen LogP contribution in [0.1, 0.15) is 5.56 Å². The highest BCUT2D eigenvalue weighted by Gasteiger charge is 2.13. The van der Waals surface area contributed by atoms with Gasteiger partial charge in [-0.1, -0.05) is 54.6 Å². The summed E-state index contributed by atoms with van der Waals surface area (Å²) in [6.07, 6.45) is 0.648. The fraction of sp³-hybridized carbons (Fsp3) is 0.182. The first-order valence-corrected chi connectivity index (χ1v) is 10.4. The van der Waals surface area contributed by atoms with E-state index < -0.39 is 10.0 Å². The topological polar surface area (TPSA) is 49.4 Å². The van der Waals surface area contributed by atoms with Crippen LogP contribution in [0.5, 0.6) is 0 Å². The molecule has 3 rings (SSSR count). The van der Waals surface area contributed by atoms with Gasteiger partial charge in [0.25, 0.3) is 0 Å². The maximum absolute atomic E-state index is 12.5. The van der Waals surface area contributed by atoms with Crippen LogP contribution in [-0.4, -0.2) is 29.1 Å². The zero-order valence-electron chi connectivity index (χ0n) is 15.6. The largest absolute Gasteiger partial charge is 0.378 e. The minimum Gasteiger partial charge on any atom is -0.378 e. The van der Waals surface area contributed by atoms with Crippen molar-refractivity contribution in [3.05, 3.63) is 84.4 Å². The summed E-state index contributed by atoms with van der Waals surface area (Å²) in [7, 11) is 0.475. The lowest BCUT2D eigenvalue weighted by atomic mass is 10.1. The summed E-state index contributed by atoms with van der Waals surface area (Å²) in [6.45, 7) is 0.365. The second-order valence-corrected chi connectivity index (χ2v) is 8.37. The van der Waals surface area contributed by atoms with Crippen LogP contribution < -0.4 is 9.62 Å². The minimum atomic E-state index is -3.51. The van der Waals surface area contributed by atoms with Gasteiger partial charge in [-0.15, -0.1) is 0 Å². The summed E-state index contributed by atoms with van der Waals surface area (Å²) in [5.41, 5.74) is 4.28. The Morgan fingerprint density at radius 3 is 1.96 bits per heavy atom. The molecule has 0 saturated carbocycles. The van der Waals surface area contributed by atoms with Crippen molar-refractivity contribution in [1.29, 1.82) is 0 Å². The lowest BCUT2D eigenvalue weighted by molar-refractivity contribution is 0.581. The molecule has 27 heavy (non-hydrogen) atoms. The second-order valence-electron chi connectivity index (χ2n) is 6.60. The molecule has 0 aliphatic carbocycles. The van der Waals surface area contributed by atoms with E-state index in [0.29, 0.717) is 13.0 Å². The highest BCUT2D eigenvalue weighted by molar-refractivity contribution is 7.89. The van der Waals surface area contributed by atoms with Crippen molar-refractivity contribution in [1.82, 2.24) is 4.72 Å². The molecule has 0 aliphatic heterocycles. The van der Waals surface area contributed by atoms with Gasteiger partial charge in [0.15, 0.2) is 0 Å². The van der Waals surface area contributed by atoms with Gasteiger partial charge in [-0.05, 0) is 47.4 Å². The molecule has 3 aromatic carbocycles. The van der Waals surface area contributed by atoms with Crippen LogP contribution in [0, 0.1) is 0 Å². The molecule has 0 spiro atoms. The summed E-state index contributed by atoms with van der Waals surface area (Å²) in [6, 6.07) is 25.0. The first-order valence-electron chi connectivity index (χ1n) is 8.87. The molecular formula is C22H24N2O2S. The molecule has 0 saturated heterocycles. The fourth-order valence-electron chi connectivity index (χ4n) is 2.83. The van der Waals surface area contributed by atoms with Gasteiger partial charge >= 0.3 is 0 Å². The Hall–Kier alpha value is -2.63. The van der Waals surface area contributed by atoms with Crippen molar-refractivity contribution >= 4 is 15.7 Å². The molecule has 140 valence electrons. The lowest BCUT2D eigenvalue weighted by Crippen LogP contribution is -2.26. The molecule has 3 aromatic rings. The number of sulfonamides is 1. The Kier molecular flexibility index (Phi) is 5.94. The second kappa shape index (κ2) is 8.37. The third kappa shape index (κ3) is 4.96. The fourth-order valence-corrected chi connectivity index (χ4v) is 3.86. The number of hydrogen-bond donors (Lipinski definition) is 1. The molecule has 0 bridgehead atoms. The van der Waals surface area contributed by atoms with Crippen LogP contribution in [0.4, 0.5) is 5.69 Å². The zero-order chi connectivity index (χ0) is 19.3. The Balaban J connectivity index is 1.61. The first-order chi connectivity index (χ1) is 13.0. The van der Waals surface area contributed by atoms with Gasteiger partial charge in [0, 0.05) is 26.3 Å². The summed E-state index contributed by atoms with van der Waals surface area (Å²) in [4.78, 5) is 2.32. The van der Waals surface area contributed by atoms with Gasteiger partial charge in [-0.25, -0.2) is 13.1 Å². The quantitative estimate of drug-likeness (QED) is 0.675. The molecule has 0 fully saturated rings. The molecular weight excluding hydrogens is 356 g/mol. The SMILES string of the molecule is CN(C)c1ccc(CCNS(=O)(=O)c2ccc(-c3ccccc3)cc2)cc1. The van der Waals surface area contributed by atoms with E-state index in [0.717, 1.165) is 22.4 Å². The van der Waals surface area contributed by atoms with Gasteiger partial charge in [0.2, 0.25) is 10.0 Å². The van der Waals surface area contributed by atoms with Gasteiger partial charge in [-0.3, -0.25) is 0 Å². The van der Waals surface area contributed by atoms with Crippen LogP contribution in [0.15, 0.2) is 83.8 Å². The molecule has 0 atom stereocenters. The van der Waals surface area contributed by atoms with E-state index in [2.05, 4.69) is 4.72 Å². The van der Waals surface area contributed by atoms with Crippen molar-refractivity contribution < 1.29 is 8.42 Å². The molecule has 0 aromatic heterocycles. The van der Waals surface area contributed by atoms with Crippen LogP contribution >= 0.6 is 0 Å². The predicted molar refractivity (Wildman–Crippen MR) is 112 cm³/mol. The van der Waals surface area contributed by atoms with E-state index >= 15 is 0 Å². The summed E-state index contributed by atoms with van der Waals surface area (Å²) < 4.78 is 27.7. The van der Waals surface area contributed by atoms with E-state index in [-0.39, 0.29) is 4.90 Å². The average molecular weight is 381 g/mol. The van der Waals surface area contributed by atoms with E-state index in [1.165, 1.54) is 0 Å². The van der Waals surface area contributed by atoms with Crippen molar-refractivity contribution in [2.24, 2.45) is 0 Å². The molecule has 4 nitrogen and oxygen atoms in total. The molecule has 0 unspecified atom stereocenters. The maximum Gasteiger partial charge on any atom is 0.240 e. The lowest BCUT2D eigenvalue weighted by Gasteiger charge is -2.13. The summed E-state index contributed by atoms with van der Waals surface area (Å²) in [5.74, 6) is 0. The van der Waals surface area contributed by atoms with Crippen molar-refractivity contribution in [3.8, 4) is 11.1 Å². The number of nitrogens with zero attached hydrogens (tertiary/aromatic N) is 1. The van der Waals surface area contributed by atoms with Crippen LogP contribution in [0.3, 0.4) is 0 Å². The standard InChI is InChI=1S/C22H24N2O2S/c1-24(2)21-12-8-18(9-13-21)16-17-23-27(25,26)22-14-10-20(11-15-22)19-6-4-3-5-7-19/h3-15,23H,16-17H2,1-2H3.